The van der Waals surface area contributed by atoms with Crippen molar-refractivity contribution >= 4 is 22.4 Å². The molecule has 27 heavy (non-hydrogen) atoms. The van der Waals surface area contributed by atoms with Crippen molar-refractivity contribution < 1.29 is 5.11 Å². The first kappa shape index (κ1) is 19.9. The Labute approximate surface area is 164 Å². The number of thiophene rings is 1. The van der Waals surface area contributed by atoms with Gasteiger partial charge in [-0.05, 0) is 62.4 Å². The molecule has 0 aliphatic heterocycles. The summed E-state index contributed by atoms with van der Waals surface area (Å²) in [5.74, 6) is 0. The molecule has 6 heteroatoms. The van der Waals surface area contributed by atoms with E-state index in [1.165, 1.54) is 10.4 Å². The molecule has 2 heterocycles. The van der Waals surface area contributed by atoms with Gasteiger partial charge in [-0.25, -0.2) is 4.79 Å². The van der Waals surface area contributed by atoms with Crippen molar-refractivity contribution in [2.75, 3.05) is 6.54 Å². The smallest absolute Gasteiger partial charge is 0.329 e. The Morgan fingerprint density at radius 2 is 1.81 bits per heavy atom. The molecule has 1 N–H and O–H groups in total. The molecule has 0 saturated carbocycles. The molecule has 1 aromatic carbocycles. The fraction of sp³-hybridized carbons (Fsp3) is 0.476. The molecule has 0 fully saturated rings. The maximum atomic E-state index is 12.6. The van der Waals surface area contributed by atoms with Gasteiger partial charge in [0.15, 0.2) is 0 Å². The van der Waals surface area contributed by atoms with Gasteiger partial charge in [-0.3, -0.25) is 14.0 Å². The Bertz CT molecular complexity index is 968. The summed E-state index contributed by atoms with van der Waals surface area (Å²) in [5.41, 5.74) is 4.50. The number of aryl methyl sites for hydroxylation is 3. The van der Waals surface area contributed by atoms with Crippen LogP contribution in [0.25, 0.3) is 11.0 Å². The summed E-state index contributed by atoms with van der Waals surface area (Å²) in [7, 11) is 0. The van der Waals surface area contributed by atoms with E-state index in [0.717, 1.165) is 29.7 Å². The van der Waals surface area contributed by atoms with Gasteiger partial charge < -0.3 is 5.11 Å². The van der Waals surface area contributed by atoms with Crippen LogP contribution in [-0.2, 0) is 26.2 Å². The lowest BCUT2D eigenvalue weighted by Gasteiger charge is -2.24. The van der Waals surface area contributed by atoms with Crippen LogP contribution in [0.4, 0.5) is 0 Å². The van der Waals surface area contributed by atoms with E-state index in [9.17, 15) is 9.90 Å². The molecule has 0 saturated heterocycles. The molecule has 0 aliphatic carbocycles. The van der Waals surface area contributed by atoms with E-state index in [1.807, 2.05) is 29.9 Å². The third kappa shape index (κ3) is 4.18. The van der Waals surface area contributed by atoms with Crippen molar-refractivity contribution in [2.24, 2.45) is 0 Å². The second-order valence-electron chi connectivity index (χ2n) is 7.14. The Kier molecular flexibility index (Phi) is 6.19. The molecule has 0 bridgehead atoms. The Morgan fingerprint density at radius 3 is 2.41 bits per heavy atom. The second-order valence-corrected chi connectivity index (χ2v) is 8.14. The van der Waals surface area contributed by atoms with Gasteiger partial charge in [0.25, 0.3) is 0 Å². The normalized spacial score (nSPS) is 13.0. The highest BCUT2D eigenvalue weighted by Gasteiger charge is 2.15. The molecule has 0 spiro atoms. The van der Waals surface area contributed by atoms with Crippen LogP contribution in [0.5, 0.6) is 0 Å². The van der Waals surface area contributed by atoms with Gasteiger partial charge in [0.05, 0.1) is 17.1 Å². The van der Waals surface area contributed by atoms with E-state index in [4.69, 9.17) is 0 Å². The standard InChI is InChI=1S/C21H29N3O2S/c1-5-23-18-8-7-17(11-19(18)24(6-2)21(23)26)13-22(12-16(4)25)14-20-15(3)9-10-27-20/h7-11,16,25H,5-6,12-14H2,1-4H3/t16-/m1/s1. The van der Waals surface area contributed by atoms with E-state index < -0.39 is 0 Å². The number of benzene rings is 1. The fourth-order valence-corrected chi connectivity index (χ4v) is 4.61. The van der Waals surface area contributed by atoms with E-state index >= 15 is 0 Å². The summed E-state index contributed by atoms with van der Waals surface area (Å²) in [4.78, 5) is 16.2. The maximum Gasteiger partial charge on any atom is 0.329 e. The van der Waals surface area contributed by atoms with Crippen molar-refractivity contribution in [1.29, 1.82) is 0 Å². The van der Waals surface area contributed by atoms with Gasteiger partial charge in [0.1, 0.15) is 0 Å². The van der Waals surface area contributed by atoms with Crippen LogP contribution in [0.15, 0.2) is 34.4 Å². The number of aliphatic hydroxyl groups is 1. The van der Waals surface area contributed by atoms with Crippen LogP contribution in [0.1, 0.15) is 36.8 Å². The molecule has 0 radical (unpaired) electrons. The largest absolute Gasteiger partial charge is 0.392 e. The highest BCUT2D eigenvalue weighted by Crippen LogP contribution is 2.21. The zero-order valence-electron chi connectivity index (χ0n) is 16.6. The lowest BCUT2D eigenvalue weighted by atomic mass is 10.1. The summed E-state index contributed by atoms with van der Waals surface area (Å²) >= 11 is 1.76. The fourth-order valence-electron chi connectivity index (χ4n) is 3.66. The van der Waals surface area contributed by atoms with E-state index in [0.29, 0.717) is 19.6 Å². The summed E-state index contributed by atoms with van der Waals surface area (Å²) in [6.45, 7) is 11.5. The molecule has 3 aromatic rings. The van der Waals surface area contributed by atoms with Crippen LogP contribution in [-0.4, -0.2) is 31.8 Å². The summed E-state index contributed by atoms with van der Waals surface area (Å²) in [6, 6.07) is 8.42. The van der Waals surface area contributed by atoms with Gasteiger partial charge >= 0.3 is 5.69 Å². The van der Waals surface area contributed by atoms with Crippen LogP contribution in [0.2, 0.25) is 0 Å². The number of aromatic nitrogens is 2. The quantitative estimate of drug-likeness (QED) is 0.643. The number of rotatable bonds is 8. The zero-order valence-corrected chi connectivity index (χ0v) is 17.4. The van der Waals surface area contributed by atoms with Gasteiger partial charge in [-0.2, -0.15) is 0 Å². The third-order valence-corrected chi connectivity index (χ3v) is 5.99. The monoisotopic (exact) mass is 387 g/mol. The van der Waals surface area contributed by atoms with Crippen LogP contribution in [0.3, 0.4) is 0 Å². The molecule has 1 atom stereocenters. The van der Waals surface area contributed by atoms with Crippen molar-refractivity contribution in [1.82, 2.24) is 14.0 Å². The number of fused-ring (bicyclic) bond motifs is 1. The van der Waals surface area contributed by atoms with Crippen molar-refractivity contribution in [2.45, 2.75) is 60.0 Å². The van der Waals surface area contributed by atoms with Crippen LogP contribution < -0.4 is 5.69 Å². The second kappa shape index (κ2) is 8.42. The van der Waals surface area contributed by atoms with E-state index in [1.54, 1.807) is 11.3 Å². The Hall–Kier alpha value is -1.89. The highest BCUT2D eigenvalue weighted by atomic mass is 32.1. The lowest BCUT2D eigenvalue weighted by Crippen LogP contribution is -2.30. The van der Waals surface area contributed by atoms with E-state index in [2.05, 4.69) is 41.5 Å². The topological polar surface area (TPSA) is 50.4 Å². The minimum absolute atomic E-state index is 0.0576. The van der Waals surface area contributed by atoms with Crippen molar-refractivity contribution in [3.8, 4) is 0 Å². The Balaban J connectivity index is 1.92. The number of aliphatic hydroxyl groups excluding tert-OH is 1. The first-order chi connectivity index (χ1) is 12.9. The SMILES string of the molecule is CCn1c(=O)n(CC)c2cc(CN(Cc3sccc3C)C[C@@H](C)O)ccc21. The summed E-state index contributed by atoms with van der Waals surface area (Å²) in [5, 5.41) is 12.1. The zero-order chi connectivity index (χ0) is 19.6. The molecule has 0 unspecified atom stereocenters. The number of imidazole rings is 1. The van der Waals surface area contributed by atoms with Crippen LogP contribution >= 0.6 is 11.3 Å². The average Bonchev–Trinajstić information content (AvgIpc) is 3.13. The number of hydrogen-bond acceptors (Lipinski definition) is 4. The summed E-state index contributed by atoms with van der Waals surface area (Å²) < 4.78 is 3.66. The molecule has 146 valence electrons. The minimum atomic E-state index is -0.385. The van der Waals surface area contributed by atoms with Crippen LogP contribution in [0, 0.1) is 6.92 Å². The summed E-state index contributed by atoms with van der Waals surface area (Å²) in [6.07, 6.45) is -0.385. The van der Waals surface area contributed by atoms with Crippen molar-refractivity contribution in [3.05, 3.63) is 56.1 Å². The third-order valence-electron chi connectivity index (χ3n) is 4.98. The molecular formula is C21H29N3O2S. The molecule has 3 rings (SSSR count). The van der Waals surface area contributed by atoms with Crippen molar-refractivity contribution in [3.63, 3.8) is 0 Å². The predicted molar refractivity (Wildman–Crippen MR) is 112 cm³/mol. The van der Waals surface area contributed by atoms with Gasteiger partial charge in [0, 0.05) is 37.6 Å². The predicted octanol–water partition coefficient (Wildman–Crippen LogP) is 3.60. The van der Waals surface area contributed by atoms with Gasteiger partial charge in [0.2, 0.25) is 0 Å². The average molecular weight is 388 g/mol. The van der Waals surface area contributed by atoms with E-state index in [-0.39, 0.29) is 11.8 Å². The molecule has 0 amide bonds. The van der Waals surface area contributed by atoms with Gasteiger partial charge in [-0.15, -0.1) is 11.3 Å². The molecule has 0 aliphatic rings. The highest BCUT2D eigenvalue weighted by molar-refractivity contribution is 7.10. The van der Waals surface area contributed by atoms with Gasteiger partial charge in [-0.1, -0.05) is 6.07 Å². The minimum Gasteiger partial charge on any atom is -0.392 e. The molecular weight excluding hydrogens is 358 g/mol. The first-order valence-corrected chi connectivity index (χ1v) is 10.5. The Morgan fingerprint density at radius 1 is 1.11 bits per heavy atom. The number of nitrogens with zero attached hydrogens (tertiary/aromatic N) is 3. The number of hydrogen-bond donors (Lipinski definition) is 1. The first-order valence-electron chi connectivity index (χ1n) is 9.59. The molecule has 2 aromatic heterocycles. The maximum absolute atomic E-state index is 12.6. The lowest BCUT2D eigenvalue weighted by molar-refractivity contribution is 0.118. The molecule has 5 nitrogen and oxygen atoms in total.